The molecule has 2 heterocycles. The number of nitrogens with zero attached hydrogens (tertiary/aromatic N) is 3. The molecule has 0 saturated carbocycles. The third-order valence-corrected chi connectivity index (χ3v) is 7.81. The Morgan fingerprint density at radius 3 is 2.62 bits per heavy atom. The van der Waals surface area contributed by atoms with Crippen LogP contribution in [-0.4, -0.2) is 40.2 Å². The van der Waals surface area contributed by atoms with Crippen LogP contribution in [0, 0.1) is 19.3 Å². The van der Waals surface area contributed by atoms with Gasteiger partial charge < -0.3 is 20.6 Å². The summed E-state index contributed by atoms with van der Waals surface area (Å²) in [5.41, 5.74) is 12.1. The molecule has 1 aliphatic rings. The second kappa shape index (κ2) is 10.5. The molecule has 5 N–H and O–H groups in total. The van der Waals surface area contributed by atoms with Crippen molar-refractivity contribution >= 4 is 17.3 Å². The topological polar surface area (TPSA) is 118 Å². The number of rotatable bonds is 7. The van der Waals surface area contributed by atoms with E-state index < -0.39 is 17.3 Å². The zero-order chi connectivity index (χ0) is 28.7. The highest BCUT2D eigenvalue weighted by atomic mass is 16.5. The van der Waals surface area contributed by atoms with Crippen LogP contribution in [0.4, 0.5) is 11.4 Å². The van der Waals surface area contributed by atoms with Crippen molar-refractivity contribution in [3.05, 3.63) is 82.2 Å². The van der Waals surface area contributed by atoms with Crippen molar-refractivity contribution in [2.75, 3.05) is 24.3 Å². The molecule has 1 aromatic heterocycles. The van der Waals surface area contributed by atoms with E-state index in [1.165, 1.54) is 5.01 Å². The molecule has 208 valence electrons. The molecule has 0 radical (unpaired) electrons. The van der Waals surface area contributed by atoms with E-state index in [4.69, 9.17) is 16.3 Å². The van der Waals surface area contributed by atoms with Gasteiger partial charge in [-0.3, -0.25) is 14.7 Å². The highest BCUT2D eigenvalue weighted by Gasteiger charge is 2.40. The summed E-state index contributed by atoms with van der Waals surface area (Å²) in [4.78, 5) is 19.5. The van der Waals surface area contributed by atoms with E-state index in [0.717, 1.165) is 45.8 Å². The minimum atomic E-state index is -1.10. The van der Waals surface area contributed by atoms with Crippen molar-refractivity contribution in [3.8, 4) is 5.75 Å². The van der Waals surface area contributed by atoms with E-state index >= 15 is 0 Å². The average Bonchev–Trinajstić information content (AvgIpc) is 2.97. The number of nitrogens with two attached hydrogens (primary N) is 2. The normalized spacial score (nSPS) is 16.1. The second-order valence-electron chi connectivity index (χ2n) is 11.9. The molecular weight excluding hydrogens is 490 g/mol. The maximum absolute atomic E-state index is 12.6. The predicted molar refractivity (Wildman–Crippen MR) is 156 cm³/mol. The van der Waals surface area contributed by atoms with E-state index in [1.54, 1.807) is 27.1 Å². The lowest BCUT2D eigenvalue weighted by molar-refractivity contribution is -0.147. The fourth-order valence-corrected chi connectivity index (χ4v) is 5.62. The number of anilines is 2. The fraction of sp³-hybridized carbons (Fsp3) is 0.419. The lowest BCUT2D eigenvalue weighted by Crippen LogP contribution is -2.40. The summed E-state index contributed by atoms with van der Waals surface area (Å²) in [5.74, 6) is 5.50. The molecule has 0 bridgehead atoms. The van der Waals surface area contributed by atoms with Crippen LogP contribution in [0.15, 0.2) is 48.7 Å². The molecule has 0 amide bonds. The van der Waals surface area contributed by atoms with Crippen molar-refractivity contribution in [2.24, 2.45) is 11.3 Å². The van der Waals surface area contributed by atoms with Gasteiger partial charge in [-0.1, -0.05) is 24.3 Å². The van der Waals surface area contributed by atoms with Crippen molar-refractivity contribution < 1.29 is 14.6 Å². The Labute approximate surface area is 231 Å². The first kappa shape index (κ1) is 28.4. The van der Waals surface area contributed by atoms with Gasteiger partial charge in [-0.25, -0.2) is 5.84 Å². The maximum atomic E-state index is 12.6. The molecule has 1 atom stereocenters. The number of fused-ring (bicyclic) bond motifs is 1. The molecule has 2 aromatic carbocycles. The van der Waals surface area contributed by atoms with E-state index in [2.05, 4.69) is 42.8 Å². The highest BCUT2D eigenvalue weighted by Crippen LogP contribution is 2.45. The Morgan fingerprint density at radius 2 is 1.95 bits per heavy atom. The number of carboxylic acid groups (broad SMARTS) is 1. The number of carboxylic acids is 1. The van der Waals surface area contributed by atoms with Crippen LogP contribution in [0.5, 0.6) is 5.75 Å². The largest absolute Gasteiger partial charge is 0.485 e. The SMILES string of the molecule is Cc1ccc(C(c2ccc(N(C)N)c(N)c2C)C(C)(C)C(=O)O)cc1CN1Cc2ncccc2OC(C)(C)C1. The van der Waals surface area contributed by atoms with Crippen LogP contribution in [0.25, 0.3) is 0 Å². The summed E-state index contributed by atoms with van der Waals surface area (Å²) in [6.07, 6.45) is 1.80. The highest BCUT2D eigenvalue weighted by molar-refractivity contribution is 5.78. The number of benzene rings is 2. The molecule has 8 heteroatoms. The van der Waals surface area contributed by atoms with Crippen LogP contribution in [0.2, 0.25) is 0 Å². The van der Waals surface area contributed by atoms with E-state index in [9.17, 15) is 9.90 Å². The third kappa shape index (κ3) is 5.72. The molecule has 1 aliphatic heterocycles. The molecule has 0 fully saturated rings. The van der Waals surface area contributed by atoms with Crippen molar-refractivity contribution in [3.63, 3.8) is 0 Å². The van der Waals surface area contributed by atoms with Gasteiger partial charge in [0.2, 0.25) is 0 Å². The number of aliphatic carboxylic acids is 1. The molecule has 4 rings (SSSR count). The van der Waals surface area contributed by atoms with Crippen molar-refractivity contribution in [1.82, 2.24) is 9.88 Å². The molecule has 8 nitrogen and oxygen atoms in total. The van der Waals surface area contributed by atoms with Gasteiger partial charge in [0.05, 0.1) is 22.5 Å². The third-order valence-electron chi connectivity index (χ3n) is 7.81. The number of aromatic nitrogens is 1. The van der Waals surface area contributed by atoms with Crippen molar-refractivity contribution in [2.45, 2.75) is 66.2 Å². The Hall–Kier alpha value is -3.62. The van der Waals surface area contributed by atoms with Crippen LogP contribution in [0.3, 0.4) is 0 Å². The number of carbonyl (C=O) groups is 1. The summed E-state index contributed by atoms with van der Waals surface area (Å²) >= 11 is 0. The zero-order valence-electron chi connectivity index (χ0n) is 24.1. The average molecular weight is 532 g/mol. The lowest BCUT2D eigenvalue weighted by Gasteiger charge is -2.34. The summed E-state index contributed by atoms with van der Waals surface area (Å²) in [5, 5.41) is 11.8. The molecule has 1 unspecified atom stereocenters. The Balaban J connectivity index is 1.78. The molecule has 3 aromatic rings. The summed E-state index contributed by atoms with van der Waals surface area (Å²) in [6, 6.07) is 14.0. The Bertz CT molecular complexity index is 1380. The quantitative estimate of drug-likeness (QED) is 0.221. The van der Waals surface area contributed by atoms with Crippen LogP contribution < -0.4 is 21.3 Å². The first-order chi connectivity index (χ1) is 18.2. The summed E-state index contributed by atoms with van der Waals surface area (Å²) < 4.78 is 6.29. The van der Waals surface area contributed by atoms with Crippen LogP contribution in [-0.2, 0) is 17.9 Å². The van der Waals surface area contributed by atoms with E-state index in [-0.39, 0.29) is 5.60 Å². The van der Waals surface area contributed by atoms with E-state index in [1.807, 2.05) is 37.3 Å². The van der Waals surface area contributed by atoms with Crippen molar-refractivity contribution in [1.29, 1.82) is 0 Å². The summed E-state index contributed by atoms with van der Waals surface area (Å²) in [7, 11) is 1.73. The van der Waals surface area contributed by atoms with Gasteiger partial charge in [0, 0.05) is 38.8 Å². The summed E-state index contributed by atoms with van der Waals surface area (Å²) in [6.45, 7) is 13.8. The molecule has 0 saturated heterocycles. The molecular formula is C31H41N5O3. The zero-order valence-corrected chi connectivity index (χ0v) is 24.1. The number of hydrogen-bond donors (Lipinski definition) is 3. The molecule has 0 aliphatic carbocycles. The molecule has 0 spiro atoms. The second-order valence-corrected chi connectivity index (χ2v) is 11.9. The number of ether oxygens (including phenoxy) is 1. The van der Waals surface area contributed by atoms with Crippen LogP contribution in [0.1, 0.15) is 67.1 Å². The fourth-order valence-electron chi connectivity index (χ4n) is 5.62. The number of pyridine rings is 1. The Morgan fingerprint density at radius 1 is 1.23 bits per heavy atom. The number of hydrogen-bond acceptors (Lipinski definition) is 7. The van der Waals surface area contributed by atoms with Gasteiger partial charge >= 0.3 is 5.97 Å². The minimum Gasteiger partial charge on any atom is -0.485 e. The van der Waals surface area contributed by atoms with Gasteiger partial charge in [-0.2, -0.15) is 0 Å². The smallest absolute Gasteiger partial charge is 0.310 e. The van der Waals surface area contributed by atoms with Gasteiger partial charge in [-0.05, 0) is 87.6 Å². The van der Waals surface area contributed by atoms with Gasteiger partial charge in [-0.15, -0.1) is 0 Å². The number of nitrogen functional groups attached to an aromatic ring is 1. The Kier molecular flexibility index (Phi) is 7.65. The first-order valence-electron chi connectivity index (χ1n) is 13.3. The van der Waals surface area contributed by atoms with Crippen LogP contribution >= 0.6 is 0 Å². The first-order valence-corrected chi connectivity index (χ1v) is 13.3. The number of aryl methyl sites for hydroxylation is 1. The monoisotopic (exact) mass is 531 g/mol. The predicted octanol–water partition coefficient (Wildman–Crippen LogP) is 5.01. The van der Waals surface area contributed by atoms with Gasteiger partial charge in [0.15, 0.2) is 0 Å². The standard InChI is InChI=1S/C31H41N5O3/c1-19-10-11-21(15-22(19)16-36-17-24-26(9-8-14-34-24)39-30(3,4)18-36)27(31(5,6)29(37)38)23-12-13-25(35(7)33)28(32)20(23)2/h8-15,27H,16-18,32-33H2,1-7H3,(H,37,38). The number of hydrazine groups is 1. The van der Waals surface area contributed by atoms with Gasteiger partial charge in [0.1, 0.15) is 11.4 Å². The molecule has 39 heavy (non-hydrogen) atoms. The van der Waals surface area contributed by atoms with Gasteiger partial charge in [0.25, 0.3) is 0 Å². The maximum Gasteiger partial charge on any atom is 0.310 e. The van der Waals surface area contributed by atoms with E-state index in [0.29, 0.717) is 24.5 Å². The minimum absolute atomic E-state index is 0.389. The lowest BCUT2D eigenvalue weighted by atomic mass is 9.69.